The van der Waals surface area contributed by atoms with E-state index in [2.05, 4.69) is 0 Å². The molecule has 0 bridgehead atoms. The lowest BCUT2D eigenvalue weighted by molar-refractivity contribution is 0.0692. The van der Waals surface area contributed by atoms with E-state index in [4.69, 9.17) is 19.0 Å². The molecule has 0 fully saturated rings. The van der Waals surface area contributed by atoms with Gasteiger partial charge in [0, 0.05) is 6.07 Å². The van der Waals surface area contributed by atoms with Crippen molar-refractivity contribution in [3.05, 3.63) is 47.9 Å². The fourth-order valence-corrected chi connectivity index (χ4v) is 1.48. The van der Waals surface area contributed by atoms with E-state index in [9.17, 15) is 4.79 Å². The Morgan fingerprint density at radius 3 is 2.83 bits per heavy atom. The highest BCUT2D eigenvalue weighted by atomic mass is 16.5. The van der Waals surface area contributed by atoms with Crippen LogP contribution < -0.4 is 9.47 Å². The molecule has 1 N–H and O–H groups in total. The summed E-state index contributed by atoms with van der Waals surface area (Å²) in [7, 11) is 1.56. The normalized spacial score (nSPS) is 10.1. The molecule has 0 spiro atoms. The highest BCUT2D eigenvalue weighted by Gasteiger charge is 2.13. The van der Waals surface area contributed by atoms with Gasteiger partial charge < -0.3 is 19.0 Å². The van der Waals surface area contributed by atoms with E-state index in [1.54, 1.807) is 31.4 Å². The monoisotopic (exact) mass is 248 g/mol. The summed E-state index contributed by atoms with van der Waals surface area (Å²) >= 11 is 0. The first-order valence-electron chi connectivity index (χ1n) is 5.27. The van der Waals surface area contributed by atoms with Crippen LogP contribution in [0.2, 0.25) is 0 Å². The number of furan rings is 1. The van der Waals surface area contributed by atoms with E-state index < -0.39 is 5.97 Å². The molecular formula is C13H12O5. The molecule has 0 saturated carbocycles. The predicted octanol–water partition coefficient (Wildman–Crippen LogP) is 2.57. The number of carbonyl (C=O) groups is 1. The van der Waals surface area contributed by atoms with Crippen molar-refractivity contribution in [1.29, 1.82) is 0 Å². The van der Waals surface area contributed by atoms with Crippen molar-refractivity contribution in [2.75, 3.05) is 7.11 Å². The summed E-state index contributed by atoms with van der Waals surface area (Å²) in [6.45, 7) is 0.0573. The molecule has 5 heteroatoms. The SMILES string of the molecule is COc1cccc(OCc2occc2C(=O)O)c1. The van der Waals surface area contributed by atoms with Crippen molar-refractivity contribution in [3.63, 3.8) is 0 Å². The molecule has 0 aliphatic rings. The van der Waals surface area contributed by atoms with Crippen molar-refractivity contribution in [2.24, 2.45) is 0 Å². The standard InChI is InChI=1S/C13H12O5/c1-16-9-3-2-4-10(7-9)18-8-12-11(13(14)15)5-6-17-12/h2-7H,8H2,1H3,(H,14,15). The summed E-state index contributed by atoms with van der Waals surface area (Å²) in [5.74, 6) is 0.505. The van der Waals surface area contributed by atoms with Crippen molar-refractivity contribution < 1.29 is 23.8 Å². The first kappa shape index (κ1) is 12.0. The third-order valence-electron chi connectivity index (χ3n) is 2.39. The first-order chi connectivity index (χ1) is 8.70. The summed E-state index contributed by atoms with van der Waals surface area (Å²) in [6.07, 6.45) is 1.33. The molecule has 1 aromatic heterocycles. The van der Waals surface area contributed by atoms with E-state index in [0.29, 0.717) is 11.5 Å². The topological polar surface area (TPSA) is 68.9 Å². The minimum atomic E-state index is -1.03. The number of methoxy groups -OCH3 is 1. The zero-order valence-corrected chi connectivity index (χ0v) is 9.75. The Labute approximate surface area is 104 Å². The molecule has 94 valence electrons. The molecule has 0 saturated heterocycles. The van der Waals surface area contributed by atoms with Crippen LogP contribution in [0.3, 0.4) is 0 Å². The Balaban J connectivity index is 2.06. The number of hydrogen-bond donors (Lipinski definition) is 1. The molecule has 1 aromatic carbocycles. The van der Waals surface area contributed by atoms with Gasteiger partial charge in [0.25, 0.3) is 0 Å². The van der Waals surface area contributed by atoms with Crippen LogP contribution in [0.4, 0.5) is 0 Å². The van der Waals surface area contributed by atoms with Crippen LogP contribution in [0.15, 0.2) is 41.0 Å². The molecule has 0 amide bonds. The van der Waals surface area contributed by atoms with Gasteiger partial charge in [-0.05, 0) is 18.2 Å². The molecule has 2 aromatic rings. The van der Waals surface area contributed by atoms with E-state index >= 15 is 0 Å². The maximum Gasteiger partial charge on any atom is 0.339 e. The van der Waals surface area contributed by atoms with E-state index in [0.717, 1.165) is 0 Å². The molecule has 18 heavy (non-hydrogen) atoms. The second-order valence-electron chi connectivity index (χ2n) is 3.53. The fourth-order valence-electron chi connectivity index (χ4n) is 1.48. The maximum atomic E-state index is 10.9. The summed E-state index contributed by atoms with van der Waals surface area (Å²) in [5.41, 5.74) is 0.109. The molecule has 0 unspecified atom stereocenters. The molecule has 0 radical (unpaired) electrons. The van der Waals surface area contributed by atoms with E-state index in [1.165, 1.54) is 12.3 Å². The summed E-state index contributed by atoms with van der Waals surface area (Å²) in [4.78, 5) is 10.9. The van der Waals surface area contributed by atoms with E-state index in [-0.39, 0.29) is 17.9 Å². The Kier molecular flexibility index (Phi) is 3.52. The van der Waals surface area contributed by atoms with Crippen LogP contribution >= 0.6 is 0 Å². The molecule has 0 aliphatic heterocycles. The molecular weight excluding hydrogens is 236 g/mol. The smallest absolute Gasteiger partial charge is 0.339 e. The van der Waals surface area contributed by atoms with Crippen LogP contribution in [0, 0.1) is 0 Å². The molecule has 1 heterocycles. The number of ether oxygens (including phenoxy) is 2. The summed E-state index contributed by atoms with van der Waals surface area (Å²) < 4.78 is 15.6. The van der Waals surface area contributed by atoms with Gasteiger partial charge in [0.15, 0.2) is 5.76 Å². The Morgan fingerprint density at radius 2 is 2.11 bits per heavy atom. The molecule has 2 rings (SSSR count). The maximum absolute atomic E-state index is 10.9. The minimum absolute atomic E-state index is 0.0573. The van der Waals surface area contributed by atoms with Gasteiger partial charge in [-0.25, -0.2) is 4.79 Å². The van der Waals surface area contributed by atoms with Gasteiger partial charge in [-0.1, -0.05) is 6.07 Å². The molecule has 0 aliphatic carbocycles. The number of rotatable bonds is 5. The molecule has 5 nitrogen and oxygen atoms in total. The number of hydrogen-bond acceptors (Lipinski definition) is 4. The summed E-state index contributed by atoms with van der Waals surface area (Å²) in [5, 5.41) is 8.90. The Bertz CT molecular complexity index is 544. The van der Waals surface area contributed by atoms with Gasteiger partial charge in [0.2, 0.25) is 0 Å². The third kappa shape index (κ3) is 2.63. The largest absolute Gasteiger partial charge is 0.497 e. The van der Waals surface area contributed by atoms with Gasteiger partial charge in [-0.3, -0.25) is 0 Å². The van der Waals surface area contributed by atoms with Gasteiger partial charge >= 0.3 is 5.97 Å². The zero-order valence-electron chi connectivity index (χ0n) is 9.75. The lowest BCUT2D eigenvalue weighted by atomic mass is 10.2. The van der Waals surface area contributed by atoms with Gasteiger partial charge in [0.1, 0.15) is 23.7 Å². The lowest BCUT2D eigenvalue weighted by Gasteiger charge is -2.06. The van der Waals surface area contributed by atoms with Crippen LogP contribution in [-0.4, -0.2) is 18.2 Å². The lowest BCUT2D eigenvalue weighted by Crippen LogP contribution is -2.02. The molecule has 0 atom stereocenters. The average Bonchev–Trinajstić information content (AvgIpc) is 2.85. The number of carboxylic acids is 1. The average molecular weight is 248 g/mol. The Morgan fingerprint density at radius 1 is 1.33 bits per heavy atom. The highest BCUT2D eigenvalue weighted by molar-refractivity contribution is 5.88. The second kappa shape index (κ2) is 5.27. The number of aromatic carboxylic acids is 1. The number of benzene rings is 1. The van der Waals surface area contributed by atoms with Crippen LogP contribution in [-0.2, 0) is 6.61 Å². The second-order valence-corrected chi connectivity index (χ2v) is 3.53. The number of carboxylic acid groups (broad SMARTS) is 1. The quantitative estimate of drug-likeness (QED) is 0.880. The fraction of sp³-hybridized carbons (Fsp3) is 0.154. The van der Waals surface area contributed by atoms with Gasteiger partial charge in [-0.15, -0.1) is 0 Å². The summed E-state index contributed by atoms with van der Waals surface area (Å²) in [6, 6.07) is 8.44. The van der Waals surface area contributed by atoms with Crippen molar-refractivity contribution in [3.8, 4) is 11.5 Å². The third-order valence-corrected chi connectivity index (χ3v) is 2.39. The predicted molar refractivity (Wildman–Crippen MR) is 63.0 cm³/mol. The van der Waals surface area contributed by atoms with Crippen molar-refractivity contribution in [1.82, 2.24) is 0 Å². The van der Waals surface area contributed by atoms with E-state index in [1.807, 2.05) is 0 Å². The minimum Gasteiger partial charge on any atom is -0.497 e. The van der Waals surface area contributed by atoms with Crippen molar-refractivity contribution in [2.45, 2.75) is 6.61 Å². The van der Waals surface area contributed by atoms with Gasteiger partial charge in [0.05, 0.1) is 13.4 Å². The highest BCUT2D eigenvalue weighted by Crippen LogP contribution is 2.21. The Hall–Kier alpha value is -2.43. The van der Waals surface area contributed by atoms with Crippen molar-refractivity contribution >= 4 is 5.97 Å². The van der Waals surface area contributed by atoms with Crippen LogP contribution in [0.25, 0.3) is 0 Å². The van der Waals surface area contributed by atoms with Crippen LogP contribution in [0.1, 0.15) is 16.1 Å². The van der Waals surface area contributed by atoms with Gasteiger partial charge in [-0.2, -0.15) is 0 Å². The first-order valence-corrected chi connectivity index (χ1v) is 5.27. The zero-order chi connectivity index (χ0) is 13.0. The van der Waals surface area contributed by atoms with Crippen LogP contribution in [0.5, 0.6) is 11.5 Å².